The lowest BCUT2D eigenvalue weighted by molar-refractivity contribution is 0.354. The van der Waals surface area contributed by atoms with Gasteiger partial charge in [-0.05, 0) is 60.4 Å². The Balaban J connectivity index is 1.69. The number of aromatic hydroxyl groups is 1. The van der Waals surface area contributed by atoms with Gasteiger partial charge in [-0.1, -0.05) is 19.4 Å². The monoisotopic (exact) mass is 504 g/mol. The molecule has 2 aromatic carbocycles. The van der Waals surface area contributed by atoms with E-state index < -0.39 is 0 Å². The fourth-order valence-corrected chi connectivity index (χ4v) is 5.58. The number of nitrogens with zero attached hydrogens (tertiary/aromatic N) is 2. The smallest absolute Gasteiger partial charge is 0.263 e. The molecule has 0 saturated heterocycles. The number of hydrogen-bond donors (Lipinski definition) is 1. The van der Waals surface area contributed by atoms with Gasteiger partial charge < -0.3 is 19.0 Å². The largest absolute Gasteiger partial charge is 0.506 e. The van der Waals surface area contributed by atoms with Crippen molar-refractivity contribution in [3.63, 3.8) is 0 Å². The fourth-order valence-electron chi connectivity index (χ4n) is 4.50. The minimum Gasteiger partial charge on any atom is -0.506 e. The summed E-state index contributed by atoms with van der Waals surface area (Å²) in [5.41, 5.74) is 1.80. The molecular weight excluding hydrogens is 476 g/mol. The zero-order valence-corrected chi connectivity index (χ0v) is 21.4. The highest BCUT2D eigenvalue weighted by atomic mass is 32.1. The first-order chi connectivity index (χ1) is 17.5. The van der Waals surface area contributed by atoms with Crippen LogP contribution in [0.15, 0.2) is 57.9 Å². The Morgan fingerprint density at radius 1 is 1.08 bits per heavy atom. The molecule has 1 N–H and O–H groups in total. The van der Waals surface area contributed by atoms with E-state index >= 15 is 0 Å². The lowest BCUT2D eigenvalue weighted by Gasteiger charge is -2.13. The number of benzene rings is 2. The average molecular weight is 505 g/mol. The second kappa shape index (κ2) is 10.1. The lowest BCUT2D eigenvalue weighted by Crippen LogP contribution is -2.25. The number of methoxy groups -OCH3 is 2. The molecule has 8 heteroatoms. The van der Waals surface area contributed by atoms with Crippen LogP contribution in [0.2, 0.25) is 0 Å². The number of furan rings is 1. The van der Waals surface area contributed by atoms with Crippen LogP contribution >= 0.6 is 11.3 Å². The van der Waals surface area contributed by atoms with E-state index in [0.717, 1.165) is 35.8 Å². The van der Waals surface area contributed by atoms with Gasteiger partial charge in [-0.3, -0.25) is 9.36 Å². The van der Waals surface area contributed by atoms with Crippen LogP contribution in [0.3, 0.4) is 0 Å². The van der Waals surface area contributed by atoms with Gasteiger partial charge >= 0.3 is 0 Å². The van der Waals surface area contributed by atoms with Crippen LogP contribution in [0.25, 0.3) is 20.3 Å². The Hall–Kier alpha value is -3.78. The standard InChI is InChI=1S/C28H28N2O5S/c1-4-5-7-17-12-20-25-27(36-26(20)21(31)13-17)29-24(30(28(25)32)16-19-8-6-11-35-19)15-18-9-10-22(33-2)23(14-18)34-3/h6,8-14,31H,4-5,7,15-16H2,1-3H3. The first-order valence-corrected chi connectivity index (χ1v) is 12.7. The SMILES string of the molecule is CCCCc1cc(O)c2sc3nc(Cc4ccc(OC)c(OC)c4)n(Cc4ccco4)c(=O)c3c2c1. The minimum absolute atomic E-state index is 0.148. The molecule has 0 unspecified atom stereocenters. The number of unbranched alkanes of at least 4 members (excludes halogenated alkanes) is 1. The van der Waals surface area contributed by atoms with Gasteiger partial charge in [0.1, 0.15) is 22.2 Å². The number of fused-ring (bicyclic) bond motifs is 3. The molecule has 186 valence electrons. The maximum Gasteiger partial charge on any atom is 0.263 e. The minimum atomic E-state index is -0.148. The van der Waals surface area contributed by atoms with Gasteiger partial charge in [0.25, 0.3) is 5.56 Å². The van der Waals surface area contributed by atoms with Crippen molar-refractivity contribution in [3.8, 4) is 17.2 Å². The van der Waals surface area contributed by atoms with Crippen molar-refractivity contribution in [2.24, 2.45) is 0 Å². The van der Waals surface area contributed by atoms with Crippen LogP contribution in [-0.4, -0.2) is 28.9 Å². The third kappa shape index (κ3) is 4.44. The van der Waals surface area contributed by atoms with Crippen LogP contribution in [0.5, 0.6) is 17.2 Å². The van der Waals surface area contributed by atoms with E-state index in [-0.39, 0.29) is 17.9 Å². The summed E-state index contributed by atoms with van der Waals surface area (Å²) in [6.07, 6.45) is 4.93. The zero-order chi connectivity index (χ0) is 25.2. The van der Waals surface area contributed by atoms with Crippen molar-refractivity contribution in [1.29, 1.82) is 0 Å². The molecule has 7 nitrogen and oxygen atoms in total. The molecule has 5 aromatic rings. The molecule has 0 bridgehead atoms. The van der Waals surface area contributed by atoms with Crippen molar-refractivity contribution in [1.82, 2.24) is 9.55 Å². The number of thiophene rings is 1. The molecule has 0 amide bonds. The summed E-state index contributed by atoms with van der Waals surface area (Å²) in [5.74, 6) is 2.71. The summed E-state index contributed by atoms with van der Waals surface area (Å²) >= 11 is 1.35. The molecule has 0 atom stereocenters. The summed E-state index contributed by atoms with van der Waals surface area (Å²) < 4.78 is 18.7. The Labute approximate surface area is 212 Å². The summed E-state index contributed by atoms with van der Waals surface area (Å²) in [6, 6.07) is 13.2. The normalized spacial score (nSPS) is 11.4. The van der Waals surface area contributed by atoms with Crippen molar-refractivity contribution in [2.75, 3.05) is 14.2 Å². The fraction of sp³-hybridized carbons (Fsp3) is 0.286. The van der Waals surface area contributed by atoms with Crippen LogP contribution in [0.4, 0.5) is 0 Å². The first-order valence-electron chi connectivity index (χ1n) is 11.9. The Morgan fingerprint density at radius 2 is 1.92 bits per heavy atom. The average Bonchev–Trinajstić information content (AvgIpc) is 3.53. The van der Waals surface area contributed by atoms with E-state index in [2.05, 4.69) is 6.92 Å². The van der Waals surface area contributed by atoms with E-state index in [0.29, 0.717) is 44.4 Å². The van der Waals surface area contributed by atoms with Gasteiger partial charge in [0, 0.05) is 11.8 Å². The van der Waals surface area contributed by atoms with Crippen molar-refractivity contribution >= 4 is 31.6 Å². The maximum absolute atomic E-state index is 14.0. The summed E-state index contributed by atoms with van der Waals surface area (Å²) in [6.45, 7) is 2.39. The van der Waals surface area contributed by atoms with Gasteiger partial charge in [-0.15, -0.1) is 11.3 Å². The highest BCUT2D eigenvalue weighted by Gasteiger charge is 2.20. The predicted molar refractivity (Wildman–Crippen MR) is 142 cm³/mol. The molecule has 0 radical (unpaired) electrons. The molecule has 3 heterocycles. The number of hydrogen-bond acceptors (Lipinski definition) is 7. The van der Waals surface area contributed by atoms with Gasteiger partial charge in [0.15, 0.2) is 11.5 Å². The molecule has 0 aliphatic heterocycles. The molecule has 3 aromatic heterocycles. The highest BCUT2D eigenvalue weighted by Crippen LogP contribution is 2.38. The second-order valence-corrected chi connectivity index (χ2v) is 9.74. The number of phenols is 1. The molecule has 0 saturated carbocycles. The molecule has 0 spiro atoms. The number of aromatic nitrogens is 2. The van der Waals surface area contributed by atoms with Crippen molar-refractivity contribution in [3.05, 3.63) is 81.8 Å². The van der Waals surface area contributed by atoms with Crippen molar-refractivity contribution < 1.29 is 19.0 Å². The summed E-state index contributed by atoms with van der Waals surface area (Å²) in [5, 5.41) is 12.1. The topological polar surface area (TPSA) is 86.7 Å². The number of ether oxygens (including phenoxy) is 2. The third-order valence-electron chi connectivity index (χ3n) is 6.34. The maximum atomic E-state index is 14.0. The van der Waals surface area contributed by atoms with Gasteiger partial charge in [0.05, 0.1) is 37.1 Å². The Kier molecular flexibility index (Phi) is 6.69. The van der Waals surface area contributed by atoms with E-state index in [4.69, 9.17) is 18.9 Å². The van der Waals surface area contributed by atoms with Crippen LogP contribution < -0.4 is 15.0 Å². The molecule has 0 fully saturated rings. The molecule has 0 aliphatic carbocycles. The zero-order valence-electron chi connectivity index (χ0n) is 20.5. The summed E-state index contributed by atoms with van der Waals surface area (Å²) in [4.78, 5) is 19.5. The van der Waals surface area contributed by atoms with Gasteiger partial charge in [-0.25, -0.2) is 4.98 Å². The van der Waals surface area contributed by atoms with E-state index in [1.54, 1.807) is 37.2 Å². The highest BCUT2D eigenvalue weighted by molar-refractivity contribution is 7.25. The van der Waals surface area contributed by atoms with Crippen molar-refractivity contribution in [2.45, 2.75) is 39.2 Å². The second-order valence-electron chi connectivity index (χ2n) is 8.74. The molecule has 36 heavy (non-hydrogen) atoms. The Morgan fingerprint density at radius 3 is 2.64 bits per heavy atom. The van der Waals surface area contributed by atoms with Crippen LogP contribution in [0, 0.1) is 0 Å². The predicted octanol–water partition coefficient (Wildman–Crippen LogP) is 5.91. The molecular formula is C28H28N2O5S. The van der Waals surface area contributed by atoms with Gasteiger partial charge in [-0.2, -0.15) is 0 Å². The molecule has 0 aliphatic rings. The first kappa shape index (κ1) is 23.9. The lowest BCUT2D eigenvalue weighted by atomic mass is 10.0. The number of aryl methyl sites for hydroxylation is 1. The quantitative estimate of drug-likeness (QED) is 0.269. The van der Waals surface area contributed by atoms with E-state index in [1.807, 2.05) is 30.3 Å². The van der Waals surface area contributed by atoms with E-state index in [1.165, 1.54) is 11.3 Å². The van der Waals surface area contributed by atoms with E-state index in [9.17, 15) is 9.90 Å². The summed E-state index contributed by atoms with van der Waals surface area (Å²) in [7, 11) is 3.19. The Bertz CT molecular complexity index is 1580. The van der Waals surface area contributed by atoms with Gasteiger partial charge in [0.2, 0.25) is 0 Å². The molecule has 5 rings (SSSR count). The number of rotatable bonds is 9. The number of phenolic OH excluding ortho intramolecular Hbond substituents is 1. The van der Waals surface area contributed by atoms with Crippen LogP contribution in [0.1, 0.15) is 42.5 Å². The van der Waals surface area contributed by atoms with Crippen LogP contribution in [-0.2, 0) is 19.4 Å². The third-order valence-corrected chi connectivity index (χ3v) is 7.46.